The standard InChI is InChI=1S/C19H16FNO5S/c1-25-15-7-6-11(8-12(15)20)14(22)10-26-18(23)9-17-19(24)21-13-4-2-3-5-16(13)27-17/h2-8,17H,9-10H2,1H3,(H,21,24)/t17-/m1/s1. The number of esters is 1. The van der Waals surface area contributed by atoms with E-state index in [1.54, 1.807) is 6.07 Å². The maximum atomic E-state index is 13.7. The van der Waals surface area contributed by atoms with Gasteiger partial charge in [0.15, 0.2) is 24.0 Å². The van der Waals surface area contributed by atoms with E-state index in [0.29, 0.717) is 5.69 Å². The number of hydrogen-bond donors (Lipinski definition) is 1. The zero-order valence-corrected chi connectivity index (χ0v) is 15.2. The second-order valence-electron chi connectivity index (χ2n) is 5.73. The summed E-state index contributed by atoms with van der Waals surface area (Å²) >= 11 is 1.27. The molecule has 2 aromatic rings. The smallest absolute Gasteiger partial charge is 0.307 e. The van der Waals surface area contributed by atoms with Gasteiger partial charge in [0.25, 0.3) is 0 Å². The lowest BCUT2D eigenvalue weighted by Crippen LogP contribution is -2.31. The third-order valence-corrected chi connectivity index (χ3v) is 5.17. The molecule has 0 spiro atoms. The number of nitrogens with one attached hydrogen (secondary N) is 1. The van der Waals surface area contributed by atoms with Gasteiger partial charge in [-0.1, -0.05) is 12.1 Å². The molecule has 6 nitrogen and oxygen atoms in total. The number of Topliss-reactive ketones (excluding diaryl/α,β-unsaturated/α-hetero) is 1. The zero-order valence-electron chi connectivity index (χ0n) is 14.4. The molecule has 8 heteroatoms. The third-order valence-electron chi connectivity index (χ3n) is 3.90. The van der Waals surface area contributed by atoms with Crippen molar-refractivity contribution in [3.63, 3.8) is 0 Å². The highest BCUT2D eigenvalue weighted by Gasteiger charge is 2.29. The van der Waals surface area contributed by atoms with Crippen molar-refractivity contribution in [1.82, 2.24) is 0 Å². The minimum Gasteiger partial charge on any atom is -0.494 e. The minimum absolute atomic E-state index is 0.0177. The van der Waals surface area contributed by atoms with Gasteiger partial charge in [0.2, 0.25) is 5.91 Å². The van der Waals surface area contributed by atoms with E-state index < -0.39 is 29.4 Å². The summed E-state index contributed by atoms with van der Waals surface area (Å²) in [6.07, 6.45) is -0.172. The number of methoxy groups -OCH3 is 1. The Morgan fingerprint density at radius 1 is 1.22 bits per heavy atom. The van der Waals surface area contributed by atoms with Crippen molar-refractivity contribution >= 4 is 35.1 Å². The average molecular weight is 389 g/mol. The molecule has 3 rings (SSSR count). The number of carbonyl (C=O) groups excluding carboxylic acids is 3. The van der Waals surface area contributed by atoms with Crippen molar-refractivity contribution < 1.29 is 28.2 Å². The molecule has 1 aliphatic rings. The highest BCUT2D eigenvalue weighted by atomic mass is 32.2. The molecule has 0 unspecified atom stereocenters. The van der Waals surface area contributed by atoms with E-state index >= 15 is 0 Å². The summed E-state index contributed by atoms with van der Waals surface area (Å²) in [6, 6.07) is 11.0. The minimum atomic E-state index is -0.677. The molecule has 140 valence electrons. The van der Waals surface area contributed by atoms with Crippen LogP contribution in [0.2, 0.25) is 0 Å². The number of carbonyl (C=O) groups is 3. The molecule has 1 aliphatic heterocycles. The molecular weight excluding hydrogens is 373 g/mol. The SMILES string of the molecule is COc1ccc(C(=O)COC(=O)C[C@H]2Sc3ccccc3NC2=O)cc1F. The van der Waals surface area contributed by atoms with Crippen LogP contribution in [0.4, 0.5) is 10.1 Å². The maximum absolute atomic E-state index is 13.7. The zero-order chi connectivity index (χ0) is 19.4. The van der Waals surface area contributed by atoms with Crippen LogP contribution in [0.25, 0.3) is 0 Å². The monoisotopic (exact) mass is 389 g/mol. The molecule has 27 heavy (non-hydrogen) atoms. The molecule has 0 saturated carbocycles. The molecule has 2 aromatic carbocycles. The first kappa shape index (κ1) is 18.9. The highest BCUT2D eigenvalue weighted by molar-refractivity contribution is 8.01. The van der Waals surface area contributed by atoms with Crippen LogP contribution in [0.1, 0.15) is 16.8 Å². The fraction of sp³-hybridized carbons (Fsp3) is 0.211. The van der Waals surface area contributed by atoms with Crippen LogP contribution in [0, 0.1) is 5.82 Å². The molecule has 1 N–H and O–H groups in total. The summed E-state index contributed by atoms with van der Waals surface area (Å²) in [5, 5.41) is 2.10. The number of rotatable bonds is 6. The number of benzene rings is 2. The molecule has 0 bridgehead atoms. The first-order chi connectivity index (χ1) is 13.0. The van der Waals surface area contributed by atoms with E-state index in [9.17, 15) is 18.8 Å². The van der Waals surface area contributed by atoms with Crippen molar-refractivity contribution in [2.75, 3.05) is 19.0 Å². The van der Waals surface area contributed by atoms with Gasteiger partial charge < -0.3 is 14.8 Å². The third kappa shape index (κ3) is 4.46. The fourth-order valence-electron chi connectivity index (χ4n) is 2.51. The fourth-order valence-corrected chi connectivity index (χ4v) is 3.60. The Bertz CT molecular complexity index is 901. The predicted octanol–water partition coefficient (Wildman–Crippen LogP) is 3.06. The number of ether oxygens (including phenoxy) is 2. The van der Waals surface area contributed by atoms with Crippen LogP contribution in [0.15, 0.2) is 47.4 Å². The van der Waals surface area contributed by atoms with Crippen molar-refractivity contribution in [3.05, 3.63) is 53.8 Å². The van der Waals surface area contributed by atoms with E-state index in [-0.39, 0.29) is 23.6 Å². The summed E-state index contributed by atoms with van der Waals surface area (Å²) in [4.78, 5) is 37.0. The average Bonchev–Trinajstić information content (AvgIpc) is 2.66. The van der Waals surface area contributed by atoms with E-state index in [4.69, 9.17) is 9.47 Å². The number of ketones is 1. The summed E-state index contributed by atoms with van der Waals surface area (Å²) in [5.41, 5.74) is 0.772. The van der Waals surface area contributed by atoms with Crippen LogP contribution in [-0.4, -0.2) is 36.6 Å². The summed E-state index contributed by atoms with van der Waals surface area (Å²) in [7, 11) is 1.32. The first-order valence-electron chi connectivity index (χ1n) is 8.07. The number of amides is 1. The second kappa shape index (κ2) is 8.22. The summed E-state index contributed by atoms with van der Waals surface area (Å²) in [6.45, 7) is -0.528. The van der Waals surface area contributed by atoms with Crippen LogP contribution in [-0.2, 0) is 14.3 Å². The Balaban J connectivity index is 1.55. The molecule has 0 fully saturated rings. The quantitative estimate of drug-likeness (QED) is 0.604. The highest BCUT2D eigenvalue weighted by Crippen LogP contribution is 2.36. The van der Waals surface area contributed by atoms with Gasteiger partial charge in [-0.3, -0.25) is 14.4 Å². The lowest BCUT2D eigenvalue weighted by atomic mass is 10.1. The van der Waals surface area contributed by atoms with Gasteiger partial charge in [-0.15, -0.1) is 11.8 Å². The van der Waals surface area contributed by atoms with Gasteiger partial charge in [0.1, 0.15) is 0 Å². The lowest BCUT2D eigenvalue weighted by molar-refractivity contribution is -0.143. The molecule has 1 atom stereocenters. The molecule has 0 aromatic heterocycles. The molecule has 0 saturated heterocycles. The van der Waals surface area contributed by atoms with Crippen LogP contribution in [0.5, 0.6) is 5.75 Å². The largest absolute Gasteiger partial charge is 0.494 e. The van der Waals surface area contributed by atoms with E-state index in [2.05, 4.69) is 5.32 Å². The van der Waals surface area contributed by atoms with E-state index in [0.717, 1.165) is 11.0 Å². The number of halogens is 1. The number of anilines is 1. The normalized spacial score (nSPS) is 15.5. The molecule has 1 heterocycles. The number of fused-ring (bicyclic) bond motifs is 1. The van der Waals surface area contributed by atoms with E-state index in [1.165, 1.54) is 31.0 Å². The summed E-state index contributed by atoms with van der Waals surface area (Å²) < 4.78 is 23.4. The van der Waals surface area contributed by atoms with Gasteiger partial charge in [0, 0.05) is 10.5 Å². The van der Waals surface area contributed by atoms with Gasteiger partial charge in [-0.05, 0) is 30.3 Å². The Morgan fingerprint density at radius 2 is 2.00 bits per heavy atom. The van der Waals surface area contributed by atoms with Crippen LogP contribution < -0.4 is 10.1 Å². The van der Waals surface area contributed by atoms with Crippen LogP contribution in [0.3, 0.4) is 0 Å². The molecule has 1 amide bonds. The van der Waals surface area contributed by atoms with Crippen molar-refractivity contribution in [1.29, 1.82) is 0 Å². The lowest BCUT2D eigenvalue weighted by Gasteiger charge is -2.23. The number of thioether (sulfide) groups is 1. The maximum Gasteiger partial charge on any atom is 0.307 e. The van der Waals surface area contributed by atoms with Gasteiger partial charge in [0.05, 0.1) is 24.5 Å². The number of para-hydroxylation sites is 1. The second-order valence-corrected chi connectivity index (χ2v) is 6.97. The topological polar surface area (TPSA) is 81.7 Å². The van der Waals surface area contributed by atoms with Gasteiger partial charge in [-0.25, -0.2) is 4.39 Å². The van der Waals surface area contributed by atoms with Crippen molar-refractivity contribution in [2.45, 2.75) is 16.6 Å². The van der Waals surface area contributed by atoms with E-state index in [1.807, 2.05) is 18.2 Å². The Kier molecular flexibility index (Phi) is 5.75. The summed E-state index contributed by atoms with van der Waals surface area (Å²) in [5.74, 6) is -2.17. The van der Waals surface area contributed by atoms with Gasteiger partial charge in [-0.2, -0.15) is 0 Å². The molecule has 0 aliphatic carbocycles. The predicted molar refractivity (Wildman–Crippen MR) is 97.6 cm³/mol. The Labute approximate surface area is 159 Å². The van der Waals surface area contributed by atoms with Crippen molar-refractivity contribution in [2.24, 2.45) is 0 Å². The molecule has 0 radical (unpaired) electrons. The Morgan fingerprint density at radius 3 is 2.74 bits per heavy atom. The molecular formula is C19H16FNO5S. The van der Waals surface area contributed by atoms with Crippen molar-refractivity contribution in [3.8, 4) is 5.75 Å². The number of hydrogen-bond acceptors (Lipinski definition) is 6. The van der Waals surface area contributed by atoms with Crippen LogP contribution >= 0.6 is 11.8 Å². The van der Waals surface area contributed by atoms with Gasteiger partial charge >= 0.3 is 5.97 Å². The first-order valence-corrected chi connectivity index (χ1v) is 8.95. The Hall–Kier alpha value is -2.87.